The van der Waals surface area contributed by atoms with E-state index in [1.165, 1.54) is 14.2 Å². The number of ether oxygens (including phenoxy) is 4. The van der Waals surface area contributed by atoms with Crippen LogP contribution in [-0.2, 0) is 24.5 Å². The van der Waals surface area contributed by atoms with Crippen LogP contribution in [0.25, 0.3) is 0 Å². The lowest BCUT2D eigenvalue weighted by Crippen LogP contribution is -2.30. The average molecular weight is 543 g/mol. The summed E-state index contributed by atoms with van der Waals surface area (Å²) in [6.45, 7) is 4.22. The Morgan fingerprint density at radius 2 is 1.06 bits per heavy atom. The second-order valence-electron chi connectivity index (χ2n) is 8.38. The molecule has 0 bridgehead atoms. The van der Waals surface area contributed by atoms with Crippen molar-refractivity contribution in [2.24, 2.45) is 0 Å². The van der Waals surface area contributed by atoms with E-state index < -0.39 is 48.8 Å². The third kappa shape index (κ3) is 8.12. The summed E-state index contributed by atoms with van der Waals surface area (Å²) in [5.41, 5.74) is 0.762. The predicted octanol–water partition coefficient (Wildman–Crippen LogP) is 3.03. The number of carbonyl (C=O) groups is 1. The Kier molecular flexibility index (Phi) is 10.2. The number of hydrogen-bond acceptors (Lipinski definition) is 9. The minimum Gasteiger partial charge on any atom is -0.493 e. The van der Waals surface area contributed by atoms with Crippen LogP contribution < -0.4 is 18.9 Å². The van der Waals surface area contributed by atoms with Gasteiger partial charge in [0.15, 0.2) is 23.0 Å². The molecule has 0 aromatic heterocycles. The molecule has 0 radical (unpaired) electrons. The second kappa shape index (κ2) is 12.4. The molecule has 0 amide bonds. The molecular formula is C25H34O9S2. The van der Waals surface area contributed by atoms with E-state index in [1.54, 1.807) is 50.2 Å². The molecule has 0 saturated carbocycles. The summed E-state index contributed by atoms with van der Waals surface area (Å²) in [6.07, 6.45) is 2.07. The minimum atomic E-state index is -3.63. The topological polar surface area (TPSA) is 122 Å². The SMILES string of the molecule is CCOc1cc(C(CS(C)(=O)=O)C(=O)C(CS(C)(=O)=O)c2ccc(OC)c(OCC)c2)ccc1OC. The summed E-state index contributed by atoms with van der Waals surface area (Å²) in [6, 6.07) is 9.49. The van der Waals surface area contributed by atoms with Crippen LogP contribution in [0.15, 0.2) is 36.4 Å². The van der Waals surface area contributed by atoms with Gasteiger partial charge in [-0.2, -0.15) is 0 Å². The highest BCUT2D eigenvalue weighted by molar-refractivity contribution is 7.91. The molecule has 0 heterocycles. The van der Waals surface area contributed by atoms with Gasteiger partial charge >= 0.3 is 0 Å². The maximum atomic E-state index is 14.0. The second-order valence-corrected chi connectivity index (χ2v) is 12.7. The van der Waals surface area contributed by atoms with Crippen molar-refractivity contribution in [3.05, 3.63) is 47.5 Å². The molecule has 0 saturated heterocycles. The number of Topliss-reactive ketones (excluding diaryl/α,β-unsaturated/α-hetero) is 1. The maximum Gasteiger partial charge on any atom is 0.161 e. The zero-order chi connectivity index (χ0) is 27.1. The Morgan fingerprint density at radius 1 is 0.694 bits per heavy atom. The fourth-order valence-corrected chi connectivity index (χ4v) is 5.81. The number of ketones is 1. The van der Waals surface area contributed by atoms with E-state index in [1.807, 2.05) is 0 Å². The van der Waals surface area contributed by atoms with Gasteiger partial charge < -0.3 is 18.9 Å². The molecular weight excluding hydrogens is 508 g/mol. The fraction of sp³-hybridized carbons (Fsp3) is 0.480. The van der Waals surface area contributed by atoms with Gasteiger partial charge in [-0.05, 0) is 49.2 Å². The summed E-state index contributed by atoms with van der Waals surface area (Å²) in [4.78, 5) is 14.0. The van der Waals surface area contributed by atoms with Gasteiger partial charge in [-0.25, -0.2) is 16.8 Å². The van der Waals surface area contributed by atoms with Gasteiger partial charge in [-0.3, -0.25) is 4.79 Å². The van der Waals surface area contributed by atoms with Crippen LogP contribution in [-0.4, -0.2) is 74.1 Å². The van der Waals surface area contributed by atoms with Crippen LogP contribution in [0.2, 0.25) is 0 Å². The van der Waals surface area contributed by atoms with E-state index in [4.69, 9.17) is 18.9 Å². The van der Waals surface area contributed by atoms with Crippen molar-refractivity contribution in [2.45, 2.75) is 25.7 Å². The van der Waals surface area contributed by atoms with Crippen molar-refractivity contribution < 1.29 is 40.6 Å². The van der Waals surface area contributed by atoms with Gasteiger partial charge in [-0.15, -0.1) is 0 Å². The molecule has 0 spiro atoms. The summed E-state index contributed by atoms with van der Waals surface area (Å²) in [7, 11) is -4.32. The zero-order valence-electron chi connectivity index (χ0n) is 21.4. The Hall–Kier alpha value is -2.79. The largest absolute Gasteiger partial charge is 0.493 e. The van der Waals surface area contributed by atoms with Crippen LogP contribution in [0.3, 0.4) is 0 Å². The highest BCUT2D eigenvalue weighted by Gasteiger charge is 2.35. The molecule has 0 aliphatic carbocycles. The number of methoxy groups -OCH3 is 2. The molecule has 2 atom stereocenters. The minimum absolute atomic E-state index is 0.327. The molecule has 2 aromatic carbocycles. The van der Waals surface area contributed by atoms with E-state index in [0.717, 1.165) is 12.5 Å². The van der Waals surface area contributed by atoms with Gasteiger partial charge in [0.25, 0.3) is 0 Å². The maximum absolute atomic E-state index is 14.0. The standard InChI is InChI=1S/C25H34O9S2/c1-7-33-23-13-17(9-11-21(23)31-3)19(15-35(5,27)28)25(26)20(16-36(6,29)30)18-10-12-22(32-4)24(14-18)34-8-2/h9-14,19-20H,7-8,15-16H2,1-6H3. The summed E-state index contributed by atoms with van der Waals surface area (Å²) in [5.74, 6) is -2.28. The van der Waals surface area contributed by atoms with Crippen LogP contribution in [0, 0.1) is 0 Å². The van der Waals surface area contributed by atoms with Crippen molar-refractivity contribution in [3.63, 3.8) is 0 Å². The molecule has 0 aliphatic heterocycles. The molecule has 2 unspecified atom stereocenters. The Labute approximate surface area is 213 Å². The lowest BCUT2D eigenvalue weighted by molar-refractivity contribution is -0.121. The van der Waals surface area contributed by atoms with Crippen LogP contribution in [0.5, 0.6) is 23.0 Å². The normalized spacial score (nSPS) is 13.5. The predicted molar refractivity (Wildman–Crippen MR) is 138 cm³/mol. The Bertz CT molecular complexity index is 1170. The van der Waals surface area contributed by atoms with E-state index in [0.29, 0.717) is 47.3 Å². The molecule has 9 nitrogen and oxygen atoms in total. The van der Waals surface area contributed by atoms with Crippen LogP contribution in [0.4, 0.5) is 0 Å². The fourth-order valence-electron chi connectivity index (χ4n) is 3.89. The molecule has 11 heteroatoms. The zero-order valence-corrected chi connectivity index (χ0v) is 23.1. The molecule has 2 aromatic rings. The summed E-state index contributed by atoms with van der Waals surface area (Å²) in [5, 5.41) is 0. The quantitative estimate of drug-likeness (QED) is 0.354. The molecule has 2 rings (SSSR count). The lowest BCUT2D eigenvalue weighted by Gasteiger charge is -2.24. The van der Waals surface area contributed by atoms with E-state index in [-0.39, 0.29) is 0 Å². The van der Waals surface area contributed by atoms with E-state index >= 15 is 0 Å². The van der Waals surface area contributed by atoms with E-state index in [2.05, 4.69) is 0 Å². The Morgan fingerprint density at radius 3 is 1.33 bits per heavy atom. The summed E-state index contributed by atoms with van der Waals surface area (Å²) >= 11 is 0. The van der Waals surface area contributed by atoms with Gasteiger partial charge in [-0.1, -0.05) is 12.1 Å². The first kappa shape index (κ1) is 29.4. The monoisotopic (exact) mass is 542 g/mol. The first-order valence-corrected chi connectivity index (χ1v) is 15.5. The first-order chi connectivity index (χ1) is 16.8. The van der Waals surface area contributed by atoms with E-state index in [9.17, 15) is 21.6 Å². The molecule has 36 heavy (non-hydrogen) atoms. The highest BCUT2D eigenvalue weighted by Crippen LogP contribution is 2.37. The molecule has 200 valence electrons. The van der Waals surface area contributed by atoms with Gasteiger partial charge in [0.2, 0.25) is 0 Å². The van der Waals surface area contributed by atoms with Crippen molar-refractivity contribution in [2.75, 3.05) is 51.5 Å². The third-order valence-electron chi connectivity index (χ3n) is 5.41. The molecule has 0 N–H and O–H groups in total. The number of carbonyl (C=O) groups excluding carboxylic acids is 1. The number of benzene rings is 2. The number of rotatable bonds is 14. The average Bonchev–Trinajstić information content (AvgIpc) is 2.80. The van der Waals surface area contributed by atoms with Gasteiger partial charge in [0.05, 0.1) is 50.8 Å². The lowest BCUT2D eigenvalue weighted by atomic mass is 9.85. The highest BCUT2D eigenvalue weighted by atomic mass is 32.2. The van der Waals surface area contributed by atoms with Gasteiger partial charge in [0.1, 0.15) is 25.5 Å². The smallest absolute Gasteiger partial charge is 0.161 e. The molecule has 0 aliphatic rings. The van der Waals surface area contributed by atoms with Crippen molar-refractivity contribution in [3.8, 4) is 23.0 Å². The number of hydrogen-bond donors (Lipinski definition) is 0. The van der Waals surface area contributed by atoms with Crippen molar-refractivity contribution >= 4 is 25.5 Å². The van der Waals surface area contributed by atoms with Crippen LogP contribution >= 0.6 is 0 Å². The third-order valence-corrected chi connectivity index (χ3v) is 7.28. The first-order valence-electron chi connectivity index (χ1n) is 11.3. The van der Waals surface area contributed by atoms with Crippen molar-refractivity contribution in [1.29, 1.82) is 0 Å². The van der Waals surface area contributed by atoms with Crippen LogP contribution in [0.1, 0.15) is 36.8 Å². The molecule has 0 fully saturated rings. The Balaban J connectivity index is 2.69. The van der Waals surface area contributed by atoms with Gasteiger partial charge in [0, 0.05) is 12.5 Å². The number of sulfone groups is 2. The summed E-state index contributed by atoms with van der Waals surface area (Å²) < 4.78 is 71.3. The van der Waals surface area contributed by atoms with Crippen molar-refractivity contribution in [1.82, 2.24) is 0 Å².